The van der Waals surface area contributed by atoms with Gasteiger partial charge in [0, 0.05) is 0 Å². The standard InChI is InChI=1S/C18H20FNO/c1-13(2)12-17(14-8-4-3-5-9-14)20-18(21)15-10-6-7-11-16(15)19/h3-11,13,17H,12H2,1-2H3,(H,20,21)/t17-/m1/s1. The first-order chi connectivity index (χ1) is 10.1. The first kappa shape index (κ1) is 15.2. The van der Waals surface area contributed by atoms with Crippen LogP contribution in [0.1, 0.15) is 42.2 Å². The summed E-state index contributed by atoms with van der Waals surface area (Å²) in [7, 11) is 0. The van der Waals surface area contributed by atoms with Crippen molar-refractivity contribution in [1.29, 1.82) is 0 Å². The second kappa shape index (κ2) is 7.02. The third-order valence-corrected chi connectivity index (χ3v) is 3.33. The lowest BCUT2D eigenvalue weighted by Crippen LogP contribution is -2.30. The molecular formula is C18H20FNO. The maximum Gasteiger partial charge on any atom is 0.254 e. The molecule has 0 spiro atoms. The van der Waals surface area contributed by atoms with Crippen LogP contribution in [0.2, 0.25) is 0 Å². The molecule has 3 heteroatoms. The summed E-state index contributed by atoms with van der Waals surface area (Å²) in [5.41, 5.74) is 1.12. The molecule has 2 rings (SSSR count). The van der Waals surface area contributed by atoms with E-state index in [0.717, 1.165) is 12.0 Å². The number of amides is 1. The van der Waals surface area contributed by atoms with E-state index in [1.54, 1.807) is 12.1 Å². The van der Waals surface area contributed by atoms with Gasteiger partial charge in [-0.25, -0.2) is 4.39 Å². The van der Waals surface area contributed by atoms with Gasteiger partial charge < -0.3 is 5.32 Å². The Morgan fingerprint density at radius 2 is 1.67 bits per heavy atom. The number of carbonyl (C=O) groups is 1. The third kappa shape index (κ3) is 4.15. The fourth-order valence-corrected chi connectivity index (χ4v) is 2.32. The van der Waals surface area contributed by atoms with Crippen molar-refractivity contribution in [2.75, 3.05) is 0 Å². The minimum absolute atomic E-state index is 0.0854. The van der Waals surface area contributed by atoms with Crippen molar-refractivity contribution >= 4 is 5.91 Å². The molecule has 0 aliphatic rings. The van der Waals surface area contributed by atoms with Crippen LogP contribution in [0.4, 0.5) is 4.39 Å². The zero-order valence-corrected chi connectivity index (χ0v) is 12.3. The predicted octanol–water partition coefficient (Wildman–Crippen LogP) is 4.34. The number of carbonyl (C=O) groups excluding carboxylic acids is 1. The summed E-state index contributed by atoms with van der Waals surface area (Å²) in [4.78, 5) is 12.3. The van der Waals surface area contributed by atoms with E-state index in [4.69, 9.17) is 0 Å². The highest BCUT2D eigenvalue weighted by Crippen LogP contribution is 2.22. The SMILES string of the molecule is CC(C)C[C@@H](NC(=O)c1ccccc1F)c1ccccc1. The Kier molecular flexibility index (Phi) is 5.09. The predicted molar refractivity (Wildman–Crippen MR) is 82.5 cm³/mol. The fraction of sp³-hybridized carbons (Fsp3) is 0.278. The Hall–Kier alpha value is -2.16. The molecule has 21 heavy (non-hydrogen) atoms. The largest absolute Gasteiger partial charge is 0.345 e. The van der Waals surface area contributed by atoms with Crippen LogP contribution in [-0.4, -0.2) is 5.91 Å². The summed E-state index contributed by atoms with van der Waals surface area (Å²) in [5.74, 6) is -0.440. The van der Waals surface area contributed by atoms with Gasteiger partial charge in [-0.1, -0.05) is 56.3 Å². The van der Waals surface area contributed by atoms with Gasteiger partial charge in [0.15, 0.2) is 0 Å². The van der Waals surface area contributed by atoms with Gasteiger partial charge >= 0.3 is 0 Å². The highest BCUT2D eigenvalue weighted by atomic mass is 19.1. The molecule has 0 aromatic heterocycles. The van der Waals surface area contributed by atoms with E-state index >= 15 is 0 Å². The zero-order chi connectivity index (χ0) is 15.2. The number of benzene rings is 2. The van der Waals surface area contributed by atoms with Gasteiger partial charge in [0.1, 0.15) is 5.82 Å². The molecule has 1 atom stereocenters. The topological polar surface area (TPSA) is 29.1 Å². The Bertz CT molecular complexity index is 595. The average molecular weight is 285 g/mol. The second-order valence-electron chi connectivity index (χ2n) is 5.55. The van der Waals surface area contributed by atoms with Crippen molar-refractivity contribution in [1.82, 2.24) is 5.32 Å². The lowest BCUT2D eigenvalue weighted by molar-refractivity contribution is 0.0928. The van der Waals surface area contributed by atoms with Crippen molar-refractivity contribution in [3.8, 4) is 0 Å². The van der Waals surface area contributed by atoms with Crippen LogP contribution in [0.25, 0.3) is 0 Å². The first-order valence-electron chi connectivity index (χ1n) is 7.18. The second-order valence-corrected chi connectivity index (χ2v) is 5.55. The van der Waals surface area contributed by atoms with Gasteiger partial charge in [-0.2, -0.15) is 0 Å². The number of hydrogen-bond donors (Lipinski definition) is 1. The van der Waals surface area contributed by atoms with Gasteiger partial charge in [0.05, 0.1) is 11.6 Å². The van der Waals surface area contributed by atoms with Crippen LogP contribution in [-0.2, 0) is 0 Å². The molecule has 0 fully saturated rings. The lowest BCUT2D eigenvalue weighted by Gasteiger charge is -2.21. The molecule has 2 nitrogen and oxygen atoms in total. The lowest BCUT2D eigenvalue weighted by atomic mass is 9.96. The van der Waals surface area contributed by atoms with Crippen LogP contribution in [0.3, 0.4) is 0 Å². The van der Waals surface area contributed by atoms with Gasteiger partial charge in [-0.3, -0.25) is 4.79 Å². The molecular weight excluding hydrogens is 265 g/mol. The fourth-order valence-electron chi connectivity index (χ4n) is 2.32. The van der Waals surface area contributed by atoms with E-state index < -0.39 is 5.82 Å². The van der Waals surface area contributed by atoms with E-state index in [0.29, 0.717) is 5.92 Å². The van der Waals surface area contributed by atoms with Crippen molar-refractivity contribution < 1.29 is 9.18 Å². The maximum absolute atomic E-state index is 13.7. The molecule has 110 valence electrons. The maximum atomic E-state index is 13.7. The summed E-state index contributed by atoms with van der Waals surface area (Å²) in [5, 5.41) is 2.94. The Labute approximate surface area is 125 Å². The molecule has 0 aliphatic carbocycles. The van der Waals surface area contributed by atoms with Crippen LogP contribution < -0.4 is 5.32 Å². The minimum atomic E-state index is -0.494. The smallest absolute Gasteiger partial charge is 0.254 e. The highest BCUT2D eigenvalue weighted by molar-refractivity contribution is 5.94. The van der Waals surface area contributed by atoms with E-state index in [-0.39, 0.29) is 17.5 Å². The summed E-state index contributed by atoms with van der Waals surface area (Å²) in [6.07, 6.45) is 0.810. The van der Waals surface area contributed by atoms with Crippen LogP contribution >= 0.6 is 0 Å². The van der Waals surface area contributed by atoms with Crippen molar-refractivity contribution in [3.05, 3.63) is 71.5 Å². The molecule has 1 amide bonds. The molecule has 0 heterocycles. The number of nitrogens with one attached hydrogen (secondary N) is 1. The van der Waals surface area contributed by atoms with Crippen LogP contribution in [0, 0.1) is 11.7 Å². The van der Waals surface area contributed by atoms with Crippen molar-refractivity contribution in [2.24, 2.45) is 5.92 Å². The van der Waals surface area contributed by atoms with Gasteiger partial charge in [0.2, 0.25) is 0 Å². The molecule has 0 bridgehead atoms. The van der Waals surface area contributed by atoms with Crippen LogP contribution in [0.15, 0.2) is 54.6 Å². The van der Waals surface area contributed by atoms with Gasteiger partial charge in [0.25, 0.3) is 5.91 Å². The van der Waals surface area contributed by atoms with E-state index in [1.807, 2.05) is 30.3 Å². The molecule has 0 radical (unpaired) electrons. The summed E-state index contributed by atoms with van der Waals surface area (Å²) < 4.78 is 13.7. The number of hydrogen-bond acceptors (Lipinski definition) is 1. The summed E-state index contributed by atoms with van der Waals surface area (Å²) >= 11 is 0. The molecule has 2 aromatic rings. The Morgan fingerprint density at radius 3 is 2.29 bits per heavy atom. The monoisotopic (exact) mass is 285 g/mol. The highest BCUT2D eigenvalue weighted by Gasteiger charge is 2.18. The van der Waals surface area contributed by atoms with Crippen molar-refractivity contribution in [2.45, 2.75) is 26.3 Å². The third-order valence-electron chi connectivity index (χ3n) is 3.33. The normalized spacial score (nSPS) is 12.2. The molecule has 0 aliphatic heterocycles. The van der Waals surface area contributed by atoms with E-state index in [2.05, 4.69) is 19.2 Å². The number of rotatable bonds is 5. The van der Waals surface area contributed by atoms with Crippen molar-refractivity contribution in [3.63, 3.8) is 0 Å². The molecule has 2 aromatic carbocycles. The van der Waals surface area contributed by atoms with E-state index in [1.165, 1.54) is 12.1 Å². The zero-order valence-electron chi connectivity index (χ0n) is 12.3. The van der Waals surface area contributed by atoms with Gasteiger partial charge in [-0.15, -0.1) is 0 Å². The first-order valence-corrected chi connectivity index (χ1v) is 7.18. The van der Waals surface area contributed by atoms with E-state index in [9.17, 15) is 9.18 Å². The molecule has 0 saturated carbocycles. The molecule has 1 N–H and O–H groups in total. The summed E-state index contributed by atoms with van der Waals surface area (Å²) in [6.45, 7) is 4.20. The Balaban J connectivity index is 2.19. The number of halogens is 1. The quantitative estimate of drug-likeness (QED) is 0.869. The van der Waals surface area contributed by atoms with Gasteiger partial charge in [-0.05, 0) is 30.0 Å². The van der Waals surface area contributed by atoms with Crippen LogP contribution in [0.5, 0.6) is 0 Å². The minimum Gasteiger partial charge on any atom is -0.345 e. The molecule has 0 saturated heterocycles. The summed E-state index contributed by atoms with van der Waals surface area (Å²) in [6, 6.07) is 15.7. The average Bonchev–Trinajstić information content (AvgIpc) is 2.47. The Morgan fingerprint density at radius 1 is 1.05 bits per heavy atom. The molecule has 0 unspecified atom stereocenters.